The molecule has 3 aromatic carbocycles. The number of rotatable bonds is 5. The summed E-state index contributed by atoms with van der Waals surface area (Å²) in [4.78, 5) is 38.6. The molecule has 0 aromatic heterocycles. The molecule has 1 aliphatic heterocycles. The van der Waals surface area contributed by atoms with Gasteiger partial charge in [0.2, 0.25) is 0 Å². The second-order valence-electron chi connectivity index (χ2n) is 7.40. The summed E-state index contributed by atoms with van der Waals surface area (Å²) in [6.07, 6.45) is 1.42. The van der Waals surface area contributed by atoms with Crippen LogP contribution in [-0.2, 0) is 16.2 Å². The van der Waals surface area contributed by atoms with Gasteiger partial charge in [0.15, 0.2) is 0 Å². The molecular weight excluding hydrogens is 491 g/mol. The maximum absolute atomic E-state index is 13.0. The van der Waals surface area contributed by atoms with Gasteiger partial charge in [-0.1, -0.05) is 35.9 Å². The number of halogens is 2. The molecule has 0 unspecified atom stereocenters. The number of hydrogen-bond donors (Lipinski definition) is 1. The Balaban J connectivity index is 1.55. The van der Waals surface area contributed by atoms with Crippen LogP contribution in [0.2, 0.25) is 0 Å². The standard InChI is InChI=1S/C25H18BrFN2O4/c1-15-2-9-19(10-3-15)29-24(31)20(23(30)28-25(29)32)12-17-6-11-22(21(26)13-17)33-14-16-4-7-18(27)8-5-16/h2-13H,14H2,1H3,(H,28,30,32). The molecule has 0 radical (unpaired) electrons. The van der Waals surface area contributed by atoms with Crippen molar-refractivity contribution in [3.63, 3.8) is 0 Å². The van der Waals surface area contributed by atoms with Crippen LogP contribution in [-0.4, -0.2) is 17.8 Å². The van der Waals surface area contributed by atoms with Crippen LogP contribution in [0, 0.1) is 12.7 Å². The number of imide groups is 2. The Labute approximate surface area is 197 Å². The maximum Gasteiger partial charge on any atom is 0.335 e. The summed E-state index contributed by atoms with van der Waals surface area (Å²) in [6, 6.07) is 17.1. The first-order chi connectivity index (χ1) is 15.8. The zero-order valence-electron chi connectivity index (χ0n) is 17.5. The quantitative estimate of drug-likeness (QED) is 0.382. The van der Waals surface area contributed by atoms with Crippen LogP contribution < -0.4 is 15.0 Å². The number of carbonyl (C=O) groups is 3. The van der Waals surface area contributed by atoms with Crippen molar-refractivity contribution < 1.29 is 23.5 Å². The summed E-state index contributed by atoms with van der Waals surface area (Å²) in [5.41, 5.74) is 2.55. The van der Waals surface area contributed by atoms with E-state index >= 15 is 0 Å². The van der Waals surface area contributed by atoms with Gasteiger partial charge in [-0.25, -0.2) is 14.1 Å². The zero-order chi connectivity index (χ0) is 23.5. The smallest absolute Gasteiger partial charge is 0.335 e. The molecule has 0 spiro atoms. The minimum atomic E-state index is -0.795. The Bertz CT molecular complexity index is 1270. The van der Waals surface area contributed by atoms with E-state index in [1.54, 1.807) is 54.6 Å². The summed E-state index contributed by atoms with van der Waals surface area (Å²) < 4.78 is 19.4. The highest BCUT2D eigenvalue weighted by Crippen LogP contribution is 2.29. The Morgan fingerprint density at radius 2 is 1.70 bits per heavy atom. The number of ether oxygens (including phenoxy) is 1. The average molecular weight is 509 g/mol. The number of nitrogens with zero attached hydrogens (tertiary/aromatic N) is 1. The normalized spacial score (nSPS) is 15.1. The molecule has 33 heavy (non-hydrogen) atoms. The highest BCUT2D eigenvalue weighted by molar-refractivity contribution is 9.10. The third-order valence-electron chi connectivity index (χ3n) is 4.97. The molecule has 1 saturated heterocycles. The molecule has 4 rings (SSSR count). The summed E-state index contributed by atoms with van der Waals surface area (Å²) in [5.74, 6) is -1.25. The molecule has 1 fully saturated rings. The first kappa shape index (κ1) is 22.4. The number of carbonyl (C=O) groups excluding carboxylic acids is 3. The van der Waals surface area contributed by atoms with Crippen molar-refractivity contribution >= 4 is 45.5 Å². The van der Waals surface area contributed by atoms with Crippen molar-refractivity contribution in [2.75, 3.05) is 4.90 Å². The molecule has 4 amide bonds. The molecule has 166 valence electrons. The fourth-order valence-electron chi connectivity index (χ4n) is 3.22. The van der Waals surface area contributed by atoms with E-state index < -0.39 is 17.8 Å². The molecule has 8 heteroatoms. The topological polar surface area (TPSA) is 75.7 Å². The lowest BCUT2D eigenvalue weighted by Crippen LogP contribution is -2.54. The fraction of sp³-hybridized carbons (Fsp3) is 0.0800. The Kier molecular flexibility index (Phi) is 6.37. The molecule has 1 N–H and O–H groups in total. The van der Waals surface area contributed by atoms with Crippen molar-refractivity contribution in [2.45, 2.75) is 13.5 Å². The summed E-state index contributed by atoms with van der Waals surface area (Å²) in [5, 5.41) is 2.21. The summed E-state index contributed by atoms with van der Waals surface area (Å²) in [7, 11) is 0. The van der Waals surface area contributed by atoms with Gasteiger partial charge in [0.05, 0.1) is 10.2 Å². The maximum atomic E-state index is 13.0. The van der Waals surface area contributed by atoms with Crippen molar-refractivity contribution in [2.24, 2.45) is 0 Å². The molecule has 0 bridgehead atoms. The molecule has 0 aliphatic carbocycles. The van der Waals surface area contributed by atoms with E-state index in [0.29, 0.717) is 21.5 Å². The molecule has 6 nitrogen and oxygen atoms in total. The first-order valence-corrected chi connectivity index (χ1v) is 10.8. The number of urea groups is 1. The summed E-state index contributed by atoms with van der Waals surface area (Å²) in [6.45, 7) is 2.13. The largest absolute Gasteiger partial charge is 0.488 e. The molecular formula is C25H18BrFN2O4. The van der Waals surface area contributed by atoms with Gasteiger partial charge >= 0.3 is 6.03 Å². The lowest BCUT2D eigenvalue weighted by Gasteiger charge is -2.26. The molecule has 1 heterocycles. The van der Waals surface area contributed by atoms with E-state index in [2.05, 4.69) is 21.2 Å². The first-order valence-electron chi connectivity index (χ1n) is 9.97. The van der Waals surface area contributed by atoms with Crippen LogP contribution in [0.15, 0.2) is 76.8 Å². The van der Waals surface area contributed by atoms with E-state index in [1.165, 1.54) is 18.2 Å². The molecule has 0 atom stereocenters. The summed E-state index contributed by atoms with van der Waals surface area (Å²) >= 11 is 3.43. The highest BCUT2D eigenvalue weighted by atomic mass is 79.9. The number of aryl methyl sites for hydroxylation is 1. The van der Waals surface area contributed by atoms with Crippen LogP contribution in [0.1, 0.15) is 16.7 Å². The van der Waals surface area contributed by atoms with Gasteiger partial charge in [-0.2, -0.15) is 0 Å². The second kappa shape index (κ2) is 9.38. The second-order valence-corrected chi connectivity index (χ2v) is 8.25. The van der Waals surface area contributed by atoms with Gasteiger partial charge in [-0.15, -0.1) is 0 Å². The van der Waals surface area contributed by atoms with Gasteiger partial charge in [0, 0.05) is 0 Å². The monoisotopic (exact) mass is 508 g/mol. The third-order valence-corrected chi connectivity index (χ3v) is 5.59. The van der Waals surface area contributed by atoms with Gasteiger partial charge in [-0.05, 0) is 76.5 Å². The minimum absolute atomic E-state index is 0.165. The Hall–Kier alpha value is -3.78. The van der Waals surface area contributed by atoms with E-state index in [1.807, 2.05) is 6.92 Å². The van der Waals surface area contributed by atoms with Crippen LogP contribution in [0.3, 0.4) is 0 Å². The van der Waals surface area contributed by atoms with Crippen LogP contribution in [0.5, 0.6) is 5.75 Å². The average Bonchev–Trinajstić information content (AvgIpc) is 2.78. The van der Waals surface area contributed by atoms with E-state index in [-0.39, 0.29) is 18.0 Å². The van der Waals surface area contributed by atoms with Crippen molar-refractivity contribution in [3.8, 4) is 5.75 Å². The predicted octanol–water partition coefficient (Wildman–Crippen LogP) is 5.14. The number of benzene rings is 3. The van der Waals surface area contributed by atoms with Crippen molar-refractivity contribution in [1.29, 1.82) is 0 Å². The Morgan fingerprint density at radius 3 is 2.36 bits per heavy atom. The van der Waals surface area contributed by atoms with E-state index in [0.717, 1.165) is 16.0 Å². The van der Waals surface area contributed by atoms with Crippen molar-refractivity contribution in [3.05, 3.63) is 99.3 Å². The van der Waals surface area contributed by atoms with Crippen LogP contribution in [0.4, 0.5) is 14.9 Å². The van der Waals surface area contributed by atoms with E-state index in [9.17, 15) is 18.8 Å². The lowest BCUT2D eigenvalue weighted by atomic mass is 10.1. The number of hydrogen-bond acceptors (Lipinski definition) is 4. The number of nitrogens with one attached hydrogen (secondary N) is 1. The van der Waals surface area contributed by atoms with Gasteiger partial charge in [0.25, 0.3) is 11.8 Å². The SMILES string of the molecule is Cc1ccc(N2C(=O)NC(=O)C(=Cc3ccc(OCc4ccc(F)cc4)c(Br)c3)C2=O)cc1. The lowest BCUT2D eigenvalue weighted by molar-refractivity contribution is -0.122. The third kappa shape index (κ3) is 5.01. The van der Waals surface area contributed by atoms with Gasteiger partial charge in [0.1, 0.15) is 23.7 Å². The predicted molar refractivity (Wildman–Crippen MR) is 125 cm³/mol. The van der Waals surface area contributed by atoms with Crippen LogP contribution >= 0.6 is 15.9 Å². The van der Waals surface area contributed by atoms with Crippen molar-refractivity contribution in [1.82, 2.24) is 5.32 Å². The molecule has 0 saturated carbocycles. The van der Waals surface area contributed by atoms with E-state index in [4.69, 9.17) is 4.74 Å². The van der Waals surface area contributed by atoms with Gasteiger partial charge < -0.3 is 4.74 Å². The fourth-order valence-corrected chi connectivity index (χ4v) is 3.73. The number of barbiturate groups is 1. The Morgan fingerprint density at radius 1 is 1.00 bits per heavy atom. The number of anilines is 1. The van der Waals surface area contributed by atoms with Crippen LogP contribution in [0.25, 0.3) is 6.08 Å². The minimum Gasteiger partial charge on any atom is -0.488 e. The highest BCUT2D eigenvalue weighted by Gasteiger charge is 2.36. The van der Waals surface area contributed by atoms with Gasteiger partial charge in [-0.3, -0.25) is 14.9 Å². The zero-order valence-corrected chi connectivity index (χ0v) is 19.1. The number of amides is 4. The molecule has 3 aromatic rings. The molecule has 1 aliphatic rings.